The van der Waals surface area contributed by atoms with Gasteiger partial charge in [-0.1, -0.05) is 45.4 Å². The third-order valence-corrected chi connectivity index (χ3v) is 5.81. The second kappa shape index (κ2) is 8.80. The van der Waals surface area contributed by atoms with Crippen molar-refractivity contribution in [1.82, 2.24) is 0 Å². The highest BCUT2D eigenvalue weighted by molar-refractivity contribution is 5.73. The molecule has 21 heavy (non-hydrogen) atoms. The number of unbranched alkanes of at least 4 members (excludes halogenated alkanes) is 6. The van der Waals surface area contributed by atoms with Gasteiger partial charge in [0.2, 0.25) is 0 Å². The summed E-state index contributed by atoms with van der Waals surface area (Å²) in [5, 5.41) is 8.12. The summed E-state index contributed by atoms with van der Waals surface area (Å²) >= 11 is 0. The summed E-state index contributed by atoms with van der Waals surface area (Å²) in [4.78, 5) is 0. The number of fused-ring (bicyclic) bond motifs is 3. The van der Waals surface area contributed by atoms with Gasteiger partial charge in [-0.15, -0.1) is 0 Å². The average Bonchev–Trinajstić information content (AvgIpc) is 2.51. The van der Waals surface area contributed by atoms with Crippen LogP contribution in [0.5, 0.6) is 0 Å². The quantitative estimate of drug-likeness (QED) is 0.295. The molecule has 2 heteroatoms. The Labute approximate surface area is 131 Å². The zero-order valence-corrected chi connectivity index (χ0v) is 14.1. The van der Waals surface area contributed by atoms with Crippen LogP contribution in [0.4, 0.5) is 0 Å². The Balaban J connectivity index is 1.50. The van der Waals surface area contributed by atoms with E-state index in [0.717, 1.165) is 25.4 Å². The summed E-state index contributed by atoms with van der Waals surface area (Å²) in [5.74, 6) is 1.58. The Morgan fingerprint density at radius 1 is 0.952 bits per heavy atom. The van der Waals surface area contributed by atoms with E-state index in [1.165, 1.54) is 77.0 Å². The van der Waals surface area contributed by atoms with Crippen molar-refractivity contribution in [2.24, 2.45) is 11.3 Å². The van der Waals surface area contributed by atoms with Crippen LogP contribution in [0.1, 0.15) is 96.8 Å². The van der Waals surface area contributed by atoms with Crippen LogP contribution in [-0.2, 0) is 4.74 Å². The minimum Gasteiger partial charge on any atom is -0.481 e. The van der Waals surface area contributed by atoms with Crippen molar-refractivity contribution in [2.75, 3.05) is 6.61 Å². The molecule has 122 valence electrons. The van der Waals surface area contributed by atoms with Gasteiger partial charge in [0.05, 0.1) is 6.61 Å². The Morgan fingerprint density at radius 2 is 1.52 bits per heavy atom. The lowest BCUT2D eigenvalue weighted by atomic mass is 9.59. The van der Waals surface area contributed by atoms with Crippen LogP contribution in [0.25, 0.3) is 0 Å². The van der Waals surface area contributed by atoms with Gasteiger partial charge in [0.1, 0.15) is 0 Å². The van der Waals surface area contributed by atoms with E-state index >= 15 is 0 Å². The average molecular weight is 293 g/mol. The Morgan fingerprint density at radius 3 is 2.14 bits per heavy atom. The Kier molecular flexibility index (Phi) is 7.06. The maximum atomic E-state index is 8.12. The van der Waals surface area contributed by atoms with Crippen LogP contribution >= 0.6 is 0 Å². The third kappa shape index (κ3) is 5.64. The molecule has 0 radical (unpaired) electrons. The van der Waals surface area contributed by atoms with Crippen LogP contribution in [-0.4, -0.2) is 12.5 Å². The zero-order chi connectivity index (χ0) is 15.0. The van der Waals surface area contributed by atoms with Crippen LogP contribution in [0, 0.1) is 16.7 Å². The molecule has 0 spiro atoms. The van der Waals surface area contributed by atoms with E-state index in [2.05, 4.69) is 6.92 Å². The molecule has 2 bridgehead atoms. The van der Waals surface area contributed by atoms with E-state index in [1.807, 2.05) is 0 Å². The summed E-state index contributed by atoms with van der Waals surface area (Å²) in [6.45, 7) is 3.03. The number of rotatable bonds is 10. The third-order valence-electron chi connectivity index (χ3n) is 5.81. The Bertz CT molecular complexity index is 291. The Hall–Kier alpha value is -0.530. The van der Waals surface area contributed by atoms with Gasteiger partial charge in [0.25, 0.3) is 0 Å². The van der Waals surface area contributed by atoms with Crippen molar-refractivity contribution < 1.29 is 4.74 Å². The molecule has 3 saturated carbocycles. The second-order valence-corrected chi connectivity index (χ2v) is 7.55. The molecular weight excluding hydrogens is 258 g/mol. The summed E-state index contributed by atoms with van der Waals surface area (Å²) < 4.78 is 5.70. The molecule has 0 aromatic rings. The molecule has 0 heterocycles. The maximum absolute atomic E-state index is 8.12. The fourth-order valence-electron chi connectivity index (χ4n) is 4.25. The van der Waals surface area contributed by atoms with E-state index in [4.69, 9.17) is 10.1 Å². The molecule has 3 rings (SSSR count). The molecule has 0 unspecified atom stereocenters. The highest BCUT2D eigenvalue weighted by Crippen LogP contribution is 2.52. The standard InChI is InChI=1S/C19H35NO/c1-2-3-4-5-6-7-8-15-21-18(20)16-19-12-9-17(10-13-19)11-14-19/h17,20H,2-16H2,1H3. The predicted octanol–water partition coefficient (Wildman–Crippen LogP) is 6.09. The monoisotopic (exact) mass is 293 g/mol. The first-order valence-electron chi connectivity index (χ1n) is 9.44. The van der Waals surface area contributed by atoms with Crippen molar-refractivity contribution in [3.63, 3.8) is 0 Å². The number of ether oxygens (including phenoxy) is 1. The molecule has 2 nitrogen and oxygen atoms in total. The highest BCUT2D eigenvalue weighted by Gasteiger charge is 2.41. The van der Waals surface area contributed by atoms with Crippen molar-refractivity contribution in [3.8, 4) is 0 Å². The molecule has 0 amide bonds. The second-order valence-electron chi connectivity index (χ2n) is 7.55. The summed E-state index contributed by atoms with van der Waals surface area (Å²) in [6, 6.07) is 0. The van der Waals surface area contributed by atoms with Gasteiger partial charge >= 0.3 is 0 Å². The van der Waals surface area contributed by atoms with Gasteiger partial charge in [-0.25, -0.2) is 0 Å². The van der Waals surface area contributed by atoms with Crippen LogP contribution in [0.3, 0.4) is 0 Å². The minimum atomic E-state index is 0.450. The zero-order valence-electron chi connectivity index (χ0n) is 14.1. The van der Waals surface area contributed by atoms with E-state index < -0.39 is 0 Å². The van der Waals surface area contributed by atoms with E-state index in [0.29, 0.717) is 11.3 Å². The van der Waals surface area contributed by atoms with Gasteiger partial charge in [-0.2, -0.15) is 0 Å². The van der Waals surface area contributed by atoms with Gasteiger partial charge in [0, 0.05) is 6.42 Å². The number of nitrogens with one attached hydrogen (secondary N) is 1. The molecular formula is C19H35NO. The topological polar surface area (TPSA) is 33.1 Å². The van der Waals surface area contributed by atoms with Gasteiger partial charge in [-0.05, 0) is 56.3 Å². The number of hydrogen-bond acceptors (Lipinski definition) is 2. The van der Waals surface area contributed by atoms with Crippen molar-refractivity contribution in [3.05, 3.63) is 0 Å². The summed E-state index contributed by atoms with van der Waals surface area (Å²) in [5.41, 5.74) is 0.450. The smallest absolute Gasteiger partial charge is 0.180 e. The van der Waals surface area contributed by atoms with Crippen LogP contribution in [0.2, 0.25) is 0 Å². The van der Waals surface area contributed by atoms with Crippen molar-refractivity contribution >= 4 is 5.90 Å². The first kappa shape index (κ1) is 16.8. The van der Waals surface area contributed by atoms with E-state index in [-0.39, 0.29) is 0 Å². The van der Waals surface area contributed by atoms with Crippen LogP contribution in [0.15, 0.2) is 0 Å². The SMILES string of the molecule is CCCCCCCCCOC(=N)CC12CCC(CC1)CC2. The fourth-order valence-corrected chi connectivity index (χ4v) is 4.25. The molecule has 1 N–H and O–H groups in total. The lowest BCUT2D eigenvalue weighted by Gasteiger charge is -2.46. The molecule has 3 aliphatic rings. The predicted molar refractivity (Wildman–Crippen MR) is 89.9 cm³/mol. The van der Waals surface area contributed by atoms with Crippen LogP contribution < -0.4 is 0 Å². The fraction of sp³-hybridized carbons (Fsp3) is 0.947. The maximum Gasteiger partial charge on any atom is 0.180 e. The molecule has 0 atom stereocenters. The molecule has 0 aliphatic heterocycles. The molecule has 0 aromatic heterocycles. The van der Waals surface area contributed by atoms with E-state index in [1.54, 1.807) is 0 Å². The van der Waals surface area contributed by atoms with Gasteiger partial charge < -0.3 is 4.74 Å². The normalized spacial score (nSPS) is 27.8. The molecule has 0 saturated heterocycles. The first-order chi connectivity index (χ1) is 10.2. The molecule has 3 aliphatic carbocycles. The summed E-state index contributed by atoms with van der Waals surface area (Å²) in [7, 11) is 0. The van der Waals surface area contributed by atoms with E-state index in [9.17, 15) is 0 Å². The number of hydrogen-bond donors (Lipinski definition) is 1. The minimum absolute atomic E-state index is 0.450. The first-order valence-corrected chi connectivity index (χ1v) is 9.44. The lowest BCUT2D eigenvalue weighted by Crippen LogP contribution is -2.36. The van der Waals surface area contributed by atoms with Gasteiger partial charge in [0.15, 0.2) is 5.90 Å². The highest BCUT2D eigenvalue weighted by atomic mass is 16.5. The van der Waals surface area contributed by atoms with Gasteiger partial charge in [-0.3, -0.25) is 5.41 Å². The largest absolute Gasteiger partial charge is 0.481 e. The van der Waals surface area contributed by atoms with Crippen molar-refractivity contribution in [1.29, 1.82) is 5.41 Å². The summed E-state index contributed by atoms with van der Waals surface area (Å²) in [6.07, 6.45) is 18.4. The molecule has 0 aromatic carbocycles. The lowest BCUT2D eigenvalue weighted by molar-refractivity contribution is 0.0653. The van der Waals surface area contributed by atoms with Crippen molar-refractivity contribution in [2.45, 2.75) is 96.8 Å². The molecule has 3 fully saturated rings.